The van der Waals surface area contributed by atoms with Gasteiger partial charge in [0.25, 0.3) is 5.56 Å². The Kier molecular flexibility index (Phi) is 2.19. The van der Waals surface area contributed by atoms with E-state index in [9.17, 15) is 9.18 Å². The maximum Gasteiger partial charge on any atom is 0.251 e. The van der Waals surface area contributed by atoms with E-state index in [-0.39, 0.29) is 16.0 Å². The number of alkyl halides is 1. The Morgan fingerprint density at radius 2 is 2.27 bits per heavy atom. The van der Waals surface area contributed by atoms with Crippen molar-refractivity contribution in [3.05, 3.63) is 26.9 Å². The molecule has 1 aromatic rings. The van der Waals surface area contributed by atoms with Crippen molar-refractivity contribution >= 4 is 12.2 Å². The Balaban J connectivity index is 3.30. The van der Waals surface area contributed by atoms with Gasteiger partial charge in [-0.2, -0.15) is 0 Å². The third-order valence-corrected chi connectivity index (χ3v) is 1.41. The Morgan fingerprint density at radius 3 is 2.73 bits per heavy atom. The van der Waals surface area contributed by atoms with Crippen molar-refractivity contribution in [2.45, 2.75) is 13.1 Å². The molecule has 0 bridgehead atoms. The summed E-state index contributed by atoms with van der Waals surface area (Å²) in [6, 6.07) is 1.15. The van der Waals surface area contributed by atoms with Gasteiger partial charge >= 0.3 is 0 Å². The minimum Gasteiger partial charge on any atom is -0.333 e. The molecular weight excluding hydrogens is 167 g/mol. The summed E-state index contributed by atoms with van der Waals surface area (Å²) in [6.45, 7) is 1.33. The molecule has 0 aliphatic heterocycles. The maximum absolute atomic E-state index is 12.6. The van der Waals surface area contributed by atoms with E-state index in [1.54, 1.807) is 0 Å². The Hall–Kier alpha value is -0.970. The van der Waals surface area contributed by atoms with Gasteiger partial charge in [-0.15, -0.1) is 0 Å². The number of H-pyrrole nitrogens is 2. The van der Waals surface area contributed by atoms with Gasteiger partial charge in [-0.1, -0.05) is 0 Å². The molecule has 1 rings (SSSR count). The number of rotatable bonds is 1. The molecule has 1 aromatic heterocycles. The summed E-state index contributed by atoms with van der Waals surface area (Å²) in [4.78, 5) is 15.5. The first-order chi connectivity index (χ1) is 5.09. The van der Waals surface area contributed by atoms with Crippen LogP contribution in [0.15, 0.2) is 10.9 Å². The molecule has 1 atom stereocenters. The fourth-order valence-corrected chi connectivity index (χ4v) is 0.920. The second-order valence-electron chi connectivity index (χ2n) is 2.16. The summed E-state index contributed by atoms with van der Waals surface area (Å²) in [5.41, 5.74) is -0.174. The lowest BCUT2D eigenvalue weighted by molar-refractivity contribution is 0.364. The Bertz CT molecular complexity index is 326. The summed E-state index contributed by atoms with van der Waals surface area (Å²) < 4.78 is 12.7. The van der Waals surface area contributed by atoms with Crippen molar-refractivity contribution in [3.8, 4) is 0 Å². The van der Waals surface area contributed by atoms with Gasteiger partial charge in [-0.3, -0.25) is 9.78 Å². The fraction of sp³-hybridized carbons (Fsp3) is 0.333. The molecule has 0 aliphatic rings. The highest BCUT2D eigenvalue weighted by atomic mass is 32.1. The lowest BCUT2D eigenvalue weighted by Crippen LogP contribution is -2.08. The van der Waals surface area contributed by atoms with E-state index in [1.807, 2.05) is 0 Å². The average molecular weight is 174 g/mol. The van der Waals surface area contributed by atoms with E-state index in [1.165, 1.54) is 6.92 Å². The number of hydrogen-bond donors (Lipinski definition) is 2. The molecular formula is C6H7FN2OS. The maximum atomic E-state index is 12.6. The van der Waals surface area contributed by atoms with Crippen molar-refractivity contribution in [3.63, 3.8) is 0 Å². The van der Waals surface area contributed by atoms with Gasteiger partial charge < -0.3 is 4.98 Å². The van der Waals surface area contributed by atoms with Crippen LogP contribution in [0, 0.1) is 4.77 Å². The highest BCUT2D eigenvalue weighted by Crippen LogP contribution is 2.09. The van der Waals surface area contributed by atoms with Crippen LogP contribution in [0.25, 0.3) is 0 Å². The van der Waals surface area contributed by atoms with E-state index in [2.05, 4.69) is 22.2 Å². The van der Waals surface area contributed by atoms with E-state index < -0.39 is 6.17 Å². The lowest BCUT2D eigenvalue weighted by Gasteiger charge is -1.99. The number of halogens is 1. The third-order valence-electron chi connectivity index (χ3n) is 1.21. The third kappa shape index (κ3) is 1.98. The summed E-state index contributed by atoms with van der Waals surface area (Å²) in [5.74, 6) is 0. The van der Waals surface area contributed by atoms with Crippen molar-refractivity contribution in [2.24, 2.45) is 0 Å². The van der Waals surface area contributed by atoms with E-state index in [0.717, 1.165) is 6.07 Å². The highest BCUT2D eigenvalue weighted by molar-refractivity contribution is 7.71. The van der Waals surface area contributed by atoms with Crippen LogP contribution in [0.2, 0.25) is 0 Å². The summed E-state index contributed by atoms with van der Waals surface area (Å²) >= 11 is 4.63. The normalized spacial score (nSPS) is 12.9. The van der Waals surface area contributed by atoms with Crippen molar-refractivity contribution < 1.29 is 4.39 Å². The number of hydrogen-bond acceptors (Lipinski definition) is 2. The van der Waals surface area contributed by atoms with Gasteiger partial charge in [0, 0.05) is 6.07 Å². The molecule has 60 valence electrons. The SMILES string of the molecule is C[C@@H](F)c1cc(=O)[nH]c(=S)[nH]1. The topological polar surface area (TPSA) is 48.6 Å². The van der Waals surface area contributed by atoms with Gasteiger partial charge in [-0.25, -0.2) is 4.39 Å². The van der Waals surface area contributed by atoms with Crippen LogP contribution in [-0.4, -0.2) is 9.97 Å². The van der Waals surface area contributed by atoms with Crippen LogP contribution in [0.3, 0.4) is 0 Å². The minimum atomic E-state index is -1.20. The second kappa shape index (κ2) is 2.96. The van der Waals surface area contributed by atoms with Gasteiger partial charge in [0.15, 0.2) is 4.77 Å². The average Bonchev–Trinajstić information content (AvgIpc) is 1.85. The molecule has 5 heteroatoms. The van der Waals surface area contributed by atoms with E-state index >= 15 is 0 Å². The first kappa shape index (κ1) is 8.13. The molecule has 0 saturated heterocycles. The zero-order chi connectivity index (χ0) is 8.43. The van der Waals surface area contributed by atoms with Crippen LogP contribution >= 0.6 is 12.2 Å². The zero-order valence-electron chi connectivity index (χ0n) is 5.85. The monoisotopic (exact) mass is 174 g/mol. The summed E-state index contributed by atoms with van der Waals surface area (Å²) in [5, 5.41) is 0. The van der Waals surface area contributed by atoms with Gasteiger partial charge in [-0.05, 0) is 19.1 Å². The standard InChI is InChI=1S/C6H7FN2OS/c1-3(7)4-2-5(10)9-6(11)8-4/h2-3H,1H3,(H2,8,9,10,11)/t3-/m1/s1. The first-order valence-electron chi connectivity index (χ1n) is 3.07. The minimum absolute atomic E-state index is 0.150. The summed E-state index contributed by atoms with van der Waals surface area (Å²) in [7, 11) is 0. The molecule has 0 fully saturated rings. The Labute approximate surface area is 67.3 Å². The van der Waals surface area contributed by atoms with Gasteiger partial charge in [0.1, 0.15) is 6.17 Å². The second-order valence-corrected chi connectivity index (χ2v) is 2.57. The molecule has 0 amide bonds. The van der Waals surface area contributed by atoms with Crippen molar-refractivity contribution in [1.82, 2.24) is 9.97 Å². The molecule has 0 aromatic carbocycles. The van der Waals surface area contributed by atoms with Gasteiger partial charge in [0.05, 0.1) is 5.69 Å². The van der Waals surface area contributed by atoms with Crippen molar-refractivity contribution in [1.29, 1.82) is 0 Å². The molecule has 1 heterocycles. The predicted molar refractivity (Wildman–Crippen MR) is 41.8 cm³/mol. The van der Waals surface area contributed by atoms with Crippen LogP contribution in [0.5, 0.6) is 0 Å². The molecule has 11 heavy (non-hydrogen) atoms. The largest absolute Gasteiger partial charge is 0.333 e. The number of aromatic amines is 2. The molecule has 0 unspecified atom stereocenters. The van der Waals surface area contributed by atoms with E-state index in [0.29, 0.717) is 0 Å². The smallest absolute Gasteiger partial charge is 0.251 e. The molecule has 3 nitrogen and oxygen atoms in total. The molecule has 2 N–H and O–H groups in total. The quantitative estimate of drug-likeness (QED) is 0.633. The zero-order valence-corrected chi connectivity index (χ0v) is 6.67. The molecule has 0 radical (unpaired) electrons. The van der Waals surface area contributed by atoms with Crippen molar-refractivity contribution in [2.75, 3.05) is 0 Å². The predicted octanol–water partition coefficient (Wildman–Crippen LogP) is 1.46. The number of aromatic nitrogens is 2. The molecule has 0 saturated carbocycles. The van der Waals surface area contributed by atoms with Gasteiger partial charge in [0.2, 0.25) is 0 Å². The Morgan fingerprint density at radius 1 is 1.64 bits per heavy atom. The molecule has 0 aliphatic carbocycles. The summed E-state index contributed by atoms with van der Waals surface area (Å²) in [6.07, 6.45) is -1.20. The highest BCUT2D eigenvalue weighted by Gasteiger charge is 2.02. The number of nitrogens with one attached hydrogen (secondary N) is 2. The first-order valence-corrected chi connectivity index (χ1v) is 3.48. The fourth-order valence-electron chi connectivity index (χ4n) is 0.702. The lowest BCUT2D eigenvalue weighted by atomic mass is 10.3. The van der Waals surface area contributed by atoms with Crippen LogP contribution in [0.4, 0.5) is 4.39 Å². The van der Waals surface area contributed by atoms with Crippen LogP contribution in [0.1, 0.15) is 18.8 Å². The van der Waals surface area contributed by atoms with E-state index in [4.69, 9.17) is 0 Å². The van der Waals surface area contributed by atoms with Crippen LogP contribution in [-0.2, 0) is 0 Å². The molecule has 0 spiro atoms. The van der Waals surface area contributed by atoms with Crippen LogP contribution < -0.4 is 5.56 Å².